The molecule has 0 bridgehead atoms. The van der Waals surface area contributed by atoms with E-state index in [1.807, 2.05) is 6.92 Å². The van der Waals surface area contributed by atoms with Crippen LogP contribution in [0.5, 0.6) is 0 Å². The van der Waals surface area contributed by atoms with Crippen LogP contribution in [0.3, 0.4) is 0 Å². The Hall–Kier alpha value is -0.930. The second-order valence-corrected chi connectivity index (χ2v) is 6.32. The van der Waals surface area contributed by atoms with Gasteiger partial charge in [-0.1, -0.05) is 26.0 Å². The van der Waals surface area contributed by atoms with Gasteiger partial charge in [0.05, 0.1) is 6.10 Å². The topological polar surface area (TPSA) is 49.8 Å². The van der Waals surface area contributed by atoms with Gasteiger partial charge >= 0.3 is 0 Å². The number of hydrogen-bond acceptors (Lipinski definition) is 3. The zero-order chi connectivity index (χ0) is 13.2. The van der Waals surface area contributed by atoms with Crippen molar-refractivity contribution in [3.8, 4) is 0 Å². The first-order chi connectivity index (χ1) is 8.36. The summed E-state index contributed by atoms with van der Waals surface area (Å²) in [4.78, 5) is 12.1. The van der Waals surface area contributed by atoms with Gasteiger partial charge in [0.1, 0.15) is 12.2 Å². The molecule has 1 N–H and O–H groups in total. The van der Waals surface area contributed by atoms with Crippen LogP contribution >= 0.6 is 0 Å². The number of ketones is 1. The van der Waals surface area contributed by atoms with Crippen LogP contribution in [-0.4, -0.2) is 29.2 Å². The Kier molecular flexibility index (Phi) is 2.39. The fourth-order valence-electron chi connectivity index (χ4n) is 3.63. The third kappa shape index (κ3) is 1.41. The van der Waals surface area contributed by atoms with Crippen LogP contribution in [0, 0.1) is 17.3 Å². The molecule has 0 spiro atoms. The molecular formula is C15H20O3. The van der Waals surface area contributed by atoms with Crippen molar-refractivity contribution in [2.24, 2.45) is 17.3 Å². The fourth-order valence-corrected chi connectivity index (χ4v) is 3.63. The Morgan fingerprint density at radius 3 is 2.89 bits per heavy atom. The molecular weight excluding hydrogens is 228 g/mol. The number of rotatable bonds is 1. The summed E-state index contributed by atoms with van der Waals surface area (Å²) < 4.78 is 5.55. The maximum atomic E-state index is 12.1. The average Bonchev–Trinajstić information content (AvgIpc) is 3.08. The van der Waals surface area contributed by atoms with Crippen molar-refractivity contribution in [3.63, 3.8) is 0 Å². The number of hydrogen-bond donors (Lipinski definition) is 1. The summed E-state index contributed by atoms with van der Waals surface area (Å²) in [6.07, 6.45) is 1.97. The monoisotopic (exact) mass is 248 g/mol. The largest absolute Gasteiger partial charge is 0.390 e. The summed E-state index contributed by atoms with van der Waals surface area (Å²) in [7, 11) is 0. The van der Waals surface area contributed by atoms with Crippen LogP contribution in [0.2, 0.25) is 0 Å². The van der Waals surface area contributed by atoms with E-state index in [2.05, 4.69) is 20.4 Å². The van der Waals surface area contributed by atoms with E-state index in [1.54, 1.807) is 6.08 Å². The lowest BCUT2D eigenvalue weighted by Crippen LogP contribution is -2.48. The van der Waals surface area contributed by atoms with Gasteiger partial charge in [-0.25, -0.2) is 0 Å². The molecule has 3 nitrogen and oxygen atoms in total. The van der Waals surface area contributed by atoms with E-state index in [4.69, 9.17) is 4.74 Å². The number of aliphatic hydroxyl groups excluding tert-OH is 1. The van der Waals surface area contributed by atoms with E-state index < -0.39 is 6.10 Å². The Bertz CT molecular complexity index is 464. The molecule has 0 radical (unpaired) electrons. The van der Waals surface area contributed by atoms with E-state index in [9.17, 15) is 9.90 Å². The van der Waals surface area contributed by atoms with Crippen LogP contribution in [0.15, 0.2) is 23.8 Å². The quantitative estimate of drug-likeness (QED) is 0.569. The fraction of sp³-hybridized carbons (Fsp3) is 0.667. The molecule has 3 aliphatic rings. The van der Waals surface area contributed by atoms with E-state index >= 15 is 0 Å². The van der Waals surface area contributed by atoms with E-state index in [0.29, 0.717) is 0 Å². The standard InChI is InChI=1S/C15H20O3/c1-7(2)9-6-15(4)8(3)12(17)14-13(18-14)10(15)5-11(9)16/h5,8-9,12-14,17H,1,6H2,2-4H3/t8-,9?,12+,13-,14+,15+/m0/s1. The lowest BCUT2D eigenvalue weighted by Gasteiger charge is -2.46. The summed E-state index contributed by atoms with van der Waals surface area (Å²) in [5.41, 5.74) is 1.86. The van der Waals surface area contributed by atoms with E-state index in [-0.39, 0.29) is 35.2 Å². The van der Waals surface area contributed by atoms with Gasteiger partial charge in [0.2, 0.25) is 0 Å². The van der Waals surface area contributed by atoms with Gasteiger partial charge in [0.15, 0.2) is 5.78 Å². The molecule has 18 heavy (non-hydrogen) atoms. The number of carbonyl (C=O) groups excluding carboxylic acids is 1. The number of carbonyl (C=O) groups is 1. The molecule has 0 aromatic heterocycles. The second-order valence-electron chi connectivity index (χ2n) is 6.32. The Labute approximate surface area is 108 Å². The summed E-state index contributed by atoms with van der Waals surface area (Å²) in [5, 5.41) is 10.2. The highest BCUT2D eigenvalue weighted by Gasteiger charge is 2.62. The third-order valence-corrected chi connectivity index (χ3v) is 5.21. The minimum atomic E-state index is -0.420. The highest BCUT2D eigenvalue weighted by molar-refractivity contribution is 5.96. The molecule has 2 aliphatic carbocycles. The van der Waals surface area contributed by atoms with Crippen LogP contribution in [0.4, 0.5) is 0 Å². The van der Waals surface area contributed by atoms with Crippen molar-refractivity contribution in [2.45, 2.75) is 45.5 Å². The highest BCUT2D eigenvalue weighted by atomic mass is 16.6. The van der Waals surface area contributed by atoms with Gasteiger partial charge in [0.25, 0.3) is 0 Å². The number of fused-ring (bicyclic) bond motifs is 3. The zero-order valence-corrected chi connectivity index (χ0v) is 11.1. The highest BCUT2D eigenvalue weighted by Crippen LogP contribution is 2.58. The van der Waals surface area contributed by atoms with Gasteiger partial charge in [-0.3, -0.25) is 4.79 Å². The van der Waals surface area contributed by atoms with Crippen molar-refractivity contribution in [1.82, 2.24) is 0 Å². The van der Waals surface area contributed by atoms with Crippen molar-refractivity contribution in [2.75, 3.05) is 0 Å². The van der Waals surface area contributed by atoms with E-state index in [0.717, 1.165) is 17.6 Å². The van der Waals surface area contributed by atoms with Crippen LogP contribution in [0.25, 0.3) is 0 Å². The Morgan fingerprint density at radius 2 is 2.28 bits per heavy atom. The van der Waals surface area contributed by atoms with Gasteiger partial charge in [-0.15, -0.1) is 0 Å². The third-order valence-electron chi connectivity index (χ3n) is 5.21. The van der Waals surface area contributed by atoms with Crippen LogP contribution in [-0.2, 0) is 9.53 Å². The number of ether oxygens (including phenoxy) is 1. The van der Waals surface area contributed by atoms with Crippen molar-refractivity contribution < 1.29 is 14.6 Å². The molecule has 1 unspecified atom stereocenters. The van der Waals surface area contributed by atoms with Crippen molar-refractivity contribution in [3.05, 3.63) is 23.8 Å². The molecule has 0 aromatic carbocycles. The van der Waals surface area contributed by atoms with Gasteiger partial charge < -0.3 is 9.84 Å². The van der Waals surface area contributed by atoms with E-state index in [1.165, 1.54) is 0 Å². The van der Waals surface area contributed by atoms with Crippen molar-refractivity contribution in [1.29, 1.82) is 0 Å². The predicted molar refractivity (Wildman–Crippen MR) is 67.9 cm³/mol. The molecule has 0 amide bonds. The number of allylic oxidation sites excluding steroid dienone is 2. The van der Waals surface area contributed by atoms with Gasteiger partial charge in [0, 0.05) is 5.92 Å². The summed E-state index contributed by atoms with van der Waals surface area (Å²) >= 11 is 0. The molecule has 1 aliphatic heterocycles. The molecule has 2 fully saturated rings. The minimum Gasteiger partial charge on any atom is -0.390 e. The summed E-state index contributed by atoms with van der Waals surface area (Å²) in [5.74, 6) is 0.152. The lowest BCUT2D eigenvalue weighted by atomic mass is 9.57. The summed E-state index contributed by atoms with van der Waals surface area (Å²) in [6.45, 7) is 10.0. The number of aliphatic hydroxyl groups is 1. The molecule has 6 atom stereocenters. The first-order valence-corrected chi connectivity index (χ1v) is 6.61. The molecule has 98 valence electrons. The molecule has 1 saturated heterocycles. The molecule has 1 saturated carbocycles. The normalized spacial score (nSPS) is 50.1. The van der Waals surface area contributed by atoms with Gasteiger partial charge in [-0.2, -0.15) is 0 Å². The van der Waals surface area contributed by atoms with Crippen LogP contribution in [0.1, 0.15) is 27.2 Å². The first kappa shape index (κ1) is 12.1. The number of epoxide rings is 1. The minimum absolute atomic E-state index is 0.0313. The van der Waals surface area contributed by atoms with Crippen molar-refractivity contribution >= 4 is 5.78 Å². The zero-order valence-electron chi connectivity index (χ0n) is 11.1. The van der Waals surface area contributed by atoms with Gasteiger partial charge in [-0.05, 0) is 36.3 Å². The Balaban J connectivity index is 2.04. The first-order valence-electron chi connectivity index (χ1n) is 6.61. The lowest BCUT2D eigenvalue weighted by molar-refractivity contribution is -0.119. The molecule has 3 rings (SSSR count). The molecule has 3 heteroatoms. The average molecular weight is 248 g/mol. The maximum Gasteiger partial charge on any atom is 0.162 e. The molecule has 0 aromatic rings. The SMILES string of the molecule is C=C(C)C1C[C@@]2(C)C(=CC1=O)[C@@H]1O[C@@H]1[C@H](O)[C@@H]2C. The predicted octanol–water partition coefficient (Wildman–Crippen LogP) is 1.86. The summed E-state index contributed by atoms with van der Waals surface area (Å²) in [6, 6.07) is 0. The second kappa shape index (κ2) is 3.55. The van der Waals surface area contributed by atoms with Crippen LogP contribution < -0.4 is 0 Å². The maximum absolute atomic E-state index is 12.1. The Morgan fingerprint density at radius 1 is 1.61 bits per heavy atom. The smallest absolute Gasteiger partial charge is 0.162 e. The molecule has 1 heterocycles.